The molecule has 2 amide bonds. The summed E-state index contributed by atoms with van der Waals surface area (Å²) < 4.78 is 41.4. The molecule has 0 atom stereocenters. The Labute approximate surface area is 213 Å². The maximum Gasteiger partial charge on any atom is 0.417 e. The van der Waals surface area contributed by atoms with Gasteiger partial charge in [0, 0.05) is 5.56 Å². The number of rotatable bonds is 6. The fourth-order valence-electron chi connectivity index (χ4n) is 4.67. The second kappa shape index (κ2) is 9.51. The zero-order valence-electron chi connectivity index (χ0n) is 19.5. The van der Waals surface area contributed by atoms with E-state index in [-0.39, 0.29) is 39.2 Å². The Balaban J connectivity index is 1.33. The quantitative estimate of drug-likeness (QED) is 0.319. The molecule has 0 radical (unpaired) electrons. The number of benzene rings is 2. The van der Waals surface area contributed by atoms with Gasteiger partial charge in [0.15, 0.2) is 5.13 Å². The number of aromatic nitrogens is 3. The van der Waals surface area contributed by atoms with Crippen LogP contribution in [-0.4, -0.2) is 26.6 Å². The van der Waals surface area contributed by atoms with Gasteiger partial charge in [-0.05, 0) is 30.5 Å². The molecule has 0 bridgehead atoms. The normalized spacial score (nSPS) is 14.4. The molecule has 1 aliphatic carbocycles. The molecule has 37 heavy (non-hydrogen) atoms. The van der Waals surface area contributed by atoms with E-state index >= 15 is 0 Å². The molecule has 1 aliphatic rings. The van der Waals surface area contributed by atoms with Gasteiger partial charge in [-0.15, -0.1) is 0 Å². The maximum atomic E-state index is 13.3. The highest BCUT2D eigenvalue weighted by Gasteiger charge is 2.33. The topological polar surface area (TPSA) is 129 Å². The summed E-state index contributed by atoms with van der Waals surface area (Å²) in [6.45, 7) is 0. The molecule has 0 spiro atoms. The Hall–Kier alpha value is -3.93. The highest BCUT2D eigenvalue weighted by molar-refractivity contribution is 7.22. The monoisotopic (exact) mass is 528 g/mol. The van der Waals surface area contributed by atoms with Crippen molar-refractivity contribution in [2.45, 2.75) is 44.3 Å². The third-order valence-electron chi connectivity index (χ3n) is 6.42. The van der Waals surface area contributed by atoms with Gasteiger partial charge in [0.25, 0.3) is 5.91 Å². The minimum atomic E-state index is -4.51. The zero-order valence-corrected chi connectivity index (χ0v) is 20.3. The van der Waals surface area contributed by atoms with Crippen LogP contribution in [0.5, 0.6) is 0 Å². The molecule has 2 aromatic heterocycles. The summed E-state index contributed by atoms with van der Waals surface area (Å²) in [4.78, 5) is 28.8. The van der Waals surface area contributed by atoms with E-state index in [9.17, 15) is 22.8 Å². The molecule has 5 rings (SSSR count). The van der Waals surface area contributed by atoms with Gasteiger partial charge in [-0.1, -0.05) is 54.5 Å². The zero-order chi connectivity index (χ0) is 26.3. The highest BCUT2D eigenvalue weighted by atomic mass is 32.1. The number of nitrogen functional groups attached to an aromatic ring is 1. The van der Waals surface area contributed by atoms with Crippen LogP contribution in [0.15, 0.2) is 42.5 Å². The molecule has 12 heteroatoms. The molecule has 0 aliphatic heterocycles. The van der Waals surface area contributed by atoms with Gasteiger partial charge >= 0.3 is 6.18 Å². The van der Waals surface area contributed by atoms with Crippen molar-refractivity contribution >= 4 is 44.3 Å². The van der Waals surface area contributed by atoms with Crippen molar-refractivity contribution in [3.8, 4) is 11.3 Å². The lowest BCUT2D eigenvalue weighted by atomic mass is 10.0. The van der Waals surface area contributed by atoms with Gasteiger partial charge in [-0.3, -0.25) is 9.59 Å². The van der Waals surface area contributed by atoms with Gasteiger partial charge in [0.05, 0.1) is 28.2 Å². The van der Waals surface area contributed by atoms with Crippen LogP contribution in [0.1, 0.15) is 53.2 Å². The molecule has 2 aromatic carbocycles. The van der Waals surface area contributed by atoms with Crippen LogP contribution in [0.4, 0.5) is 24.1 Å². The first-order valence-electron chi connectivity index (χ1n) is 11.7. The maximum absolute atomic E-state index is 13.3. The first-order valence-corrected chi connectivity index (χ1v) is 12.5. The number of alkyl halides is 3. The average Bonchev–Trinajstić information content (AvgIpc) is 3.56. The summed E-state index contributed by atoms with van der Waals surface area (Å²) in [5, 5.41) is 7.27. The number of thiazole rings is 1. The Morgan fingerprint density at radius 2 is 1.81 bits per heavy atom. The van der Waals surface area contributed by atoms with Crippen LogP contribution in [0.3, 0.4) is 0 Å². The van der Waals surface area contributed by atoms with Crippen LogP contribution in [0.25, 0.3) is 21.5 Å². The van der Waals surface area contributed by atoms with Crippen molar-refractivity contribution in [2.75, 3.05) is 11.1 Å². The van der Waals surface area contributed by atoms with Crippen LogP contribution < -0.4 is 16.8 Å². The lowest BCUT2D eigenvalue weighted by molar-refractivity contribution is -0.136. The van der Waals surface area contributed by atoms with E-state index in [1.807, 2.05) is 0 Å². The Kier molecular flexibility index (Phi) is 6.36. The molecule has 2 heterocycles. The largest absolute Gasteiger partial charge is 0.417 e. The molecule has 5 N–H and O–H groups in total. The van der Waals surface area contributed by atoms with Crippen molar-refractivity contribution in [1.82, 2.24) is 14.8 Å². The third-order valence-corrected chi connectivity index (χ3v) is 7.44. The summed E-state index contributed by atoms with van der Waals surface area (Å²) in [7, 11) is 0. The van der Waals surface area contributed by atoms with Gasteiger partial charge in [-0.2, -0.15) is 18.3 Å². The lowest BCUT2D eigenvalue weighted by Crippen LogP contribution is -2.15. The predicted molar refractivity (Wildman–Crippen MR) is 135 cm³/mol. The standard InChI is InChI=1S/C25H23F3N6O2S/c26-25(27,28)16-6-3-7-17-21(16)37-24(31-17)32-18(35)12-13-8-10-14(11-9-13)20-19(23(30)36)22(29)34(33-20)15-4-1-2-5-15/h3,6-11,15H,1-2,4-5,12,29H2,(H2,30,36)(H,31,32,35). The number of hydrogen-bond acceptors (Lipinski definition) is 6. The summed E-state index contributed by atoms with van der Waals surface area (Å²) >= 11 is 0.778. The van der Waals surface area contributed by atoms with Crippen LogP contribution in [-0.2, 0) is 17.4 Å². The number of carbonyl (C=O) groups is 2. The van der Waals surface area contributed by atoms with Gasteiger partial charge in [0.2, 0.25) is 5.91 Å². The first-order chi connectivity index (χ1) is 17.6. The average molecular weight is 529 g/mol. The van der Waals surface area contributed by atoms with E-state index in [1.165, 1.54) is 12.1 Å². The number of anilines is 2. The SMILES string of the molecule is NC(=O)c1c(-c2ccc(CC(=O)Nc3nc4cccc(C(F)(F)F)c4s3)cc2)nn(C2CCCC2)c1N. The summed E-state index contributed by atoms with van der Waals surface area (Å²) in [6, 6.07) is 10.7. The fourth-order valence-corrected chi connectivity index (χ4v) is 5.69. The van der Waals surface area contributed by atoms with Crippen molar-refractivity contribution in [1.29, 1.82) is 0 Å². The summed E-state index contributed by atoms with van der Waals surface area (Å²) in [6.07, 6.45) is -0.525. The second-order valence-electron chi connectivity index (χ2n) is 8.95. The number of fused-ring (bicyclic) bond motifs is 1. The van der Waals surface area contributed by atoms with E-state index in [0.29, 0.717) is 16.8 Å². The van der Waals surface area contributed by atoms with E-state index in [1.54, 1.807) is 28.9 Å². The van der Waals surface area contributed by atoms with Crippen molar-refractivity contribution in [3.63, 3.8) is 0 Å². The highest BCUT2D eigenvalue weighted by Crippen LogP contribution is 2.39. The number of nitrogens with zero attached hydrogens (tertiary/aromatic N) is 3. The van der Waals surface area contributed by atoms with Crippen molar-refractivity contribution < 1.29 is 22.8 Å². The van der Waals surface area contributed by atoms with Gasteiger partial charge in [0.1, 0.15) is 17.1 Å². The molecule has 4 aromatic rings. The number of nitrogens with two attached hydrogens (primary N) is 2. The molecule has 0 unspecified atom stereocenters. The van der Waals surface area contributed by atoms with Gasteiger partial charge in [-0.25, -0.2) is 9.67 Å². The van der Waals surface area contributed by atoms with Crippen LogP contribution in [0.2, 0.25) is 0 Å². The summed E-state index contributed by atoms with van der Waals surface area (Å²) in [5.74, 6) is -0.833. The Morgan fingerprint density at radius 3 is 2.46 bits per heavy atom. The number of halogens is 3. The predicted octanol–water partition coefficient (Wildman–Crippen LogP) is 5.16. The van der Waals surface area contributed by atoms with Crippen LogP contribution >= 0.6 is 11.3 Å². The number of amides is 2. The first kappa shape index (κ1) is 24.8. The fraction of sp³-hybridized carbons (Fsp3) is 0.280. The molecular formula is C25H23F3N6O2S. The molecule has 1 saturated carbocycles. The molecule has 1 fully saturated rings. The molecular weight excluding hydrogens is 505 g/mol. The number of hydrogen-bond donors (Lipinski definition) is 3. The number of primary amides is 1. The molecule has 8 nitrogen and oxygen atoms in total. The number of carbonyl (C=O) groups excluding carboxylic acids is 2. The smallest absolute Gasteiger partial charge is 0.383 e. The van der Waals surface area contributed by atoms with Crippen molar-refractivity contribution in [3.05, 3.63) is 59.2 Å². The van der Waals surface area contributed by atoms with Crippen molar-refractivity contribution in [2.24, 2.45) is 5.73 Å². The number of nitrogens with one attached hydrogen (secondary N) is 1. The Morgan fingerprint density at radius 1 is 1.11 bits per heavy atom. The third kappa shape index (κ3) is 4.88. The van der Waals surface area contributed by atoms with E-state index in [4.69, 9.17) is 11.5 Å². The lowest BCUT2D eigenvalue weighted by Gasteiger charge is -2.11. The minimum Gasteiger partial charge on any atom is -0.383 e. The summed E-state index contributed by atoms with van der Waals surface area (Å²) in [5.41, 5.74) is 13.1. The molecule has 192 valence electrons. The minimum absolute atomic E-state index is 0.0241. The van der Waals surface area contributed by atoms with Crippen LogP contribution in [0, 0.1) is 0 Å². The van der Waals surface area contributed by atoms with E-state index in [0.717, 1.165) is 43.1 Å². The molecule has 0 saturated heterocycles. The Bertz CT molecular complexity index is 1490. The second-order valence-corrected chi connectivity index (χ2v) is 9.95. The van der Waals surface area contributed by atoms with E-state index in [2.05, 4.69) is 15.4 Å². The van der Waals surface area contributed by atoms with E-state index < -0.39 is 23.6 Å². The van der Waals surface area contributed by atoms with Gasteiger partial charge < -0.3 is 16.8 Å².